The third kappa shape index (κ3) is 11.5. The van der Waals surface area contributed by atoms with Crippen LogP contribution < -0.4 is 0 Å². The summed E-state index contributed by atoms with van der Waals surface area (Å²) >= 11 is 0. The van der Waals surface area contributed by atoms with E-state index in [1.165, 1.54) is 71.3 Å². The smallest absolute Gasteiger partial charge is 0.305 e. The SMILES string of the molecule is CCCCCCCCCCCCC#C[C@H]1O[C@H]1CCCC(=O)OC. The Labute approximate surface area is 148 Å². The highest BCUT2D eigenvalue weighted by atomic mass is 16.6. The maximum atomic E-state index is 11.0. The van der Waals surface area contributed by atoms with Crippen molar-refractivity contribution in [2.75, 3.05) is 7.11 Å². The first-order valence-electron chi connectivity index (χ1n) is 9.98. The maximum absolute atomic E-state index is 11.0. The molecule has 0 amide bonds. The van der Waals surface area contributed by atoms with Crippen LogP contribution in [0.3, 0.4) is 0 Å². The summed E-state index contributed by atoms with van der Waals surface area (Å²) in [6.45, 7) is 2.27. The molecule has 1 saturated heterocycles. The van der Waals surface area contributed by atoms with Gasteiger partial charge in [0, 0.05) is 12.8 Å². The zero-order chi connectivity index (χ0) is 17.5. The molecule has 0 aromatic rings. The first-order chi connectivity index (χ1) is 11.8. The highest BCUT2D eigenvalue weighted by Gasteiger charge is 2.36. The van der Waals surface area contributed by atoms with Gasteiger partial charge in [0.25, 0.3) is 0 Å². The Bertz CT molecular complexity index is 380. The van der Waals surface area contributed by atoms with Crippen LogP contribution in [-0.4, -0.2) is 25.3 Å². The Hall–Kier alpha value is -1.01. The Morgan fingerprint density at radius 3 is 2.21 bits per heavy atom. The first kappa shape index (κ1) is 21.0. The van der Waals surface area contributed by atoms with Crippen molar-refractivity contribution in [1.29, 1.82) is 0 Å². The number of unbranched alkanes of at least 4 members (excludes halogenated alkanes) is 10. The maximum Gasteiger partial charge on any atom is 0.305 e. The minimum atomic E-state index is -0.140. The van der Waals surface area contributed by atoms with Crippen molar-refractivity contribution >= 4 is 5.97 Å². The fourth-order valence-electron chi connectivity index (χ4n) is 2.91. The second kappa shape index (κ2) is 14.3. The molecule has 138 valence electrons. The van der Waals surface area contributed by atoms with Gasteiger partial charge in [0.2, 0.25) is 0 Å². The molecule has 1 aliphatic rings. The Balaban J connectivity index is 1.83. The molecule has 0 aromatic heterocycles. The van der Waals surface area contributed by atoms with Crippen molar-refractivity contribution in [3.05, 3.63) is 0 Å². The van der Waals surface area contributed by atoms with E-state index >= 15 is 0 Å². The zero-order valence-electron chi connectivity index (χ0n) is 15.8. The molecule has 0 saturated carbocycles. The van der Waals surface area contributed by atoms with Crippen LogP contribution in [0.5, 0.6) is 0 Å². The summed E-state index contributed by atoms with van der Waals surface area (Å²) in [5.74, 6) is 6.31. The van der Waals surface area contributed by atoms with Gasteiger partial charge >= 0.3 is 5.97 Å². The summed E-state index contributed by atoms with van der Waals surface area (Å²) in [6, 6.07) is 0. The second-order valence-corrected chi connectivity index (χ2v) is 6.82. The molecule has 0 unspecified atom stereocenters. The Morgan fingerprint density at radius 2 is 1.58 bits per heavy atom. The first-order valence-corrected chi connectivity index (χ1v) is 9.98. The summed E-state index contributed by atoms with van der Waals surface area (Å²) in [6.07, 6.45) is 17.2. The molecule has 2 atom stereocenters. The van der Waals surface area contributed by atoms with E-state index < -0.39 is 0 Å². The van der Waals surface area contributed by atoms with Crippen LogP contribution in [0.2, 0.25) is 0 Å². The van der Waals surface area contributed by atoms with Crippen molar-refractivity contribution < 1.29 is 14.3 Å². The van der Waals surface area contributed by atoms with E-state index in [2.05, 4.69) is 23.5 Å². The van der Waals surface area contributed by atoms with E-state index in [9.17, 15) is 4.79 Å². The summed E-state index contributed by atoms with van der Waals surface area (Å²) in [5, 5.41) is 0. The topological polar surface area (TPSA) is 38.8 Å². The van der Waals surface area contributed by atoms with Gasteiger partial charge in [-0.15, -0.1) is 5.92 Å². The molecule has 0 bridgehead atoms. The Kier molecular flexibility index (Phi) is 12.6. The van der Waals surface area contributed by atoms with Crippen molar-refractivity contribution in [3.63, 3.8) is 0 Å². The van der Waals surface area contributed by atoms with Crippen molar-refractivity contribution in [2.24, 2.45) is 0 Å². The number of methoxy groups -OCH3 is 1. The molecule has 1 heterocycles. The number of carbonyl (C=O) groups is 1. The third-order valence-electron chi connectivity index (χ3n) is 4.58. The number of epoxide rings is 1. The van der Waals surface area contributed by atoms with Gasteiger partial charge in [-0.1, -0.05) is 70.6 Å². The molecule has 3 nitrogen and oxygen atoms in total. The van der Waals surface area contributed by atoms with Crippen LogP contribution in [0.1, 0.15) is 96.8 Å². The standard InChI is InChI=1S/C21H36O3/c1-3-4-5-6-7-8-9-10-11-12-13-14-16-19-20(24-19)17-15-18-21(22)23-2/h19-20H,3-13,15,17-18H2,1-2H3/t19-,20+/m1/s1. The molecule has 3 heteroatoms. The monoisotopic (exact) mass is 336 g/mol. The van der Waals surface area contributed by atoms with Gasteiger partial charge in [0.1, 0.15) is 6.10 Å². The lowest BCUT2D eigenvalue weighted by molar-refractivity contribution is -0.140. The van der Waals surface area contributed by atoms with Gasteiger partial charge in [-0.2, -0.15) is 0 Å². The minimum Gasteiger partial charge on any atom is -0.469 e. The van der Waals surface area contributed by atoms with Gasteiger partial charge in [-0.3, -0.25) is 4.79 Å². The number of carbonyl (C=O) groups excluding carboxylic acids is 1. The zero-order valence-corrected chi connectivity index (χ0v) is 15.8. The van der Waals surface area contributed by atoms with Crippen LogP contribution in [0, 0.1) is 11.8 Å². The fraction of sp³-hybridized carbons (Fsp3) is 0.857. The molecule has 0 N–H and O–H groups in total. The van der Waals surface area contributed by atoms with Crippen molar-refractivity contribution in [2.45, 2.75) is 109 Å². The van der Waals surface area contributed by atoms with E-state index in [0.29, 0.717) is 6.42 Å². The number of ether oxygens (including phenoxy) is 2. The van der Waals surface area contributed by atoms with Gasteiger partial charge in [0.15, 0.2) is 0 Å². The molecular weight excluding hydrogens is 300 g/mol. The van der Waals surface area contributed by atoms with Gasteiger partial charge in [-0.25, -0.2) is 0 Å². The number of hydrogen-bond donors (Lipinski definition) is 0. The average molecular weight is 337 g/mol. The summed E-state index contributed by atoms with van der Waals surface area (Å²) in [5.41, 5.74) is 0. The quantitative estimate of drug-likeness (QED) is 0.184. The average Bonchev–Trinajstić information content (AvgIpc) is 3.34. The van der Waals surface area contributed by atoms with Gasteiger partial charge in [-0.05, 0) is 19.3 Å². The van der Waals surface area contributed by atoms with E-state index in [1.807, 2.05) is 0 Å². The molecule has 0 aliphatic carbocycles. The normalized spacial score (nSPS) is 18.8. The van der Waals surface area contributed by atoms with Gasteiger partial charge < -0.3 is 9.47 Å². The van der Waals surface area contributed by atoms with Crippen LogP contribution in [0.15, 0.2) is 0 Å². The molecule has 1 aliphatic heterocycles. The Morgan fingerprint density at radius 1 is 0.958 bits per heavy atom. The molecule has 0 aromatic carbocycles. The number of rotatable bonds is 14. The fourth-order valence-corrected chi connectivity index (χ4v) is 2.91. The van der Waals surface area contributed by atoms with E-state index in [4.69, 9.17) is 4.74 Å². The van der Waals surface area contributed by atoms with Crippen molar-refractivity contribution in [3.8, 4) is 11.8 Å². The molecule has 1 rings (SSSR count). The summed E-state index contributed by atoms with van der Waals surface area (Å²) in [7, 11) is 1.43. The van der Waals surface area contributed by atoms with Crippen molar-refractivity contribution in [1.82, 2.24) is 0 Å². The highest BCUT2D eigenvalue weighted by Crippen LogP contribution is 2.26. The molecule has 0 radical (unpaired) electrons. The largest absolute Gasteiger partial charge is 0.469 e. The summed E-state index contributed by atoms with van der Waals surface area (Å²) < 4.78 is 10.1. The van der Waals surface area contributed by atoms with Gasteiger partial charge in [0.05, 0.1) is 13.2 Å². The summed E-state index contributed by atoms with van der Waals surface area (Å²) in [4.78, 5) is 11.0. The highest BCUT2D eigenvalue weighted by molar-refractivity contribution is 5.68. The minimum absolute atomic E-state index is 0.116. The number of esters is 1. The van der Waals surface area contributed by atoms with E-state index in [-0.39, 0.29) is 18.2 Å². The van der Waals surface area contributed by atoms with E-state index in [1.54, 1.807) is 0 Å². The van der Waals surface area contributed by atoms with Crippen LogP contribution in [0.25, 0.3) is 0 Å². The lowest BCUT2D eigenvalue weighted by Crippen LogP contribution is -2.01. The number of hydrogen-bond acceptors (Lipinski definition) is 3. The van der Waals surface area contributed by atoms with Crippen LogP contribution in [-0.2, 0) is 14.3 Å². The molecule has 24 heavy (non-hydrogen) atoms. The van der Waals surface area contributed by atoms with Crippen LogP contribution >= 0.6 is 0 Å². The predicted molar refractivity (Wildman–Crippen MR) is 98.8 cm³/mol. The van der Waals surface area contributed by atoms with Crippen LogP contribution in [0.4, 0.5) is 0 Å². The third-order valence-corrected chi connectivity index (χ3v) is 4.58. The lowest BCUT2D eigenvalue weighted by Gasteiger charge is -2.00. The van der Waals surface area contributed by atoms with E-state index in [0.717, 1.165) is 19.3 Å². The molecular formula is C21H36O3. The predicted octanol–water partition coefficient (Wildman–Crippen LogP) is 5.41. The second-order valence-electron chi connectivity index (χ2n) is 6.82. The lowest BCUT2D eigenvalue weighted by atomic mass is 10.1. The molecule has 1 fully saturated rings. The molecule has 0 spiro atoms.